The van der Waals surface area contributed by atoms with E-state index in [1.807, 2.05) is 24.3 Å². The van der Waals surface area contributed by atoms with Crippen molar-refractivity contribution >= 4 is 46.5 Å². The van der Waals surface area contributed by atoms with Crippen molar-refractivity contribution in [1.29, 1.82) is 5.26 Å². The third-order valence-corrected chi connectivity index (χ3v) is 7.81. The van der Waals surface area contributed by atoms with Crippen molar-refractivity contribution in [2.45, 2.75) is 77.9 Å². The van der Waals surface area contributed by atoms with E-state index in [1.165, 1.54) is 0 Å². The normalized spacial score (nSPS) is 13.5. The highest BCUT2D eigenvalue weighted by Gasteiger charge is 2.25. The van der Waals surface area contributed by atoms with E-state index in [0.29, 0.717) is 47.4 Å². The van der Waals surface area contributed by atoms with Gasteiger partial charge in [0, 0.05) is 50.3 Å². The molecule has 0 saturated heterocycles. The second kappa shape index (κ2) is 15.4. The molecule has 0 atom stereocenters. The van der Waals surface area contributed by atoms with E-state index in [-0.39, 0.29) is 36.6 Å². The molecular weight excluding hydrogens is 586 g/mol. The molecule has 2 aromatic carbocycles. The number of anilines is 2. The van der Waals surface area contributed by atoms with Gasteiger partial charge in [-0.25, -0.2) is 9.78 Å². The fourth-order valence-corrected chi connectivity index (χ4v) is 5.39. The van der Waals surface area contributed by atoms with Gasteiger partial charge in [-0.05, 0) is 82.5 Å². The number of nitriles is 1. The number of rotatable bonds is 11. The third-order valence-electron chi connectivity index (χ3n) is 7.81. The van der Waals surface area contributed by atoms with E-state index >= 15 is 0 Å². The number of benzene rings is 2. The Bertz CT molecular complexity index is 1590. The molecule has 46 heavy (non-hydrogen) atoms. The molecule has 3 aromatic rings. The summed E-state index contributed by atoms with van der Waals surface area (Å²) in [5, 5.41) is 17.5. The minimum atomic E-state index is -0.583. The minimum absolute atomic E-state index is 0.0147. The first-order chi connectivity index (χ1) is 21.9. The number of fused-ring (bicyclic) bond motifs is 1. The highest BCUT2D eigenvalue weighted by Crippen LogP contribution is 2.29. The monoisotopic (exact) mass is 629 g/mol. The van der Waals surface area contributed by atoms with Gasteiger partial charge in [-0.3, -0.25) is 19.7 Å². The van der Waals surface area contributed by atoms with Crippen molar-refractivity contribution in [3.8, 4) is 6.07 Å². The average Bonchev–Trinajstić information content (AvgIpc) is 3.38. The van der Waals surface area contributed by atoms with Gasteiger partial charge in [0.25, 0.3) is 5.91 Å². The average molecular weight is 630 g/mol. The third kappa shape index (κ3) is 9.30. The molecule has 1 aliphatic carbocycles. The summed E-state index contributed by atoms with van der Waals surface area (Å²) in [4.78, 5) is 57.2. The predicted molar refractivity (Wildman–Crippen MR) is 175 cm³/mol. The van der Waals surface area contributed by atoms with Crippen LogP contribution in [0, 0.1) is 17.2 Å². The van der Waals surface area contributed by atoms with Crippen LogP contribution in [-0.2, 0) is 20.9 Å². The van der Waals surface area contributed by atoms with Crippen molar-refractivity contribution in [1.82, 2.24) is 20.2 Å². The first-order valence-corrected chi connectivity index (χ1v) is 15.8. The van der Waals surface area contributed by atoms with Crippen LogP contribution in [-0.4, -0.2) is 59.1 Å². The number of nitrogens with zero attached hydrogens (tertiary/aromatic N) is 4. The van der Waals surface area contributed by atoms with Gasteiger partial charge in [0.15, 0.2) is 0 Å². The maximum Gasteiger partial charge on any atom is 0.407 e. The molecule has 244 valence electrons. The lowest BCUT2D eigenvalue weighted by Gasteiger charge is -2.26. The Morgan fingerprint density at radius 1 is 1.02 bits per heavy atom. The zero-order valence-electron chi connectivity index (χ0n) is 27.0. The van der Waals surface area contributed by atoms with Gasteiger partial charge in [-0.2, -0.15) is 5.26 Å². The van der Waals surface area contributed by atoms with Gasteiger partial charge >= 0.3 is 6.09 Å². The van der Waals surface area contributed by atoms with E-state index in [0.717, 1.165) is 32.1 Å². The summed E-state index contributed by atoms with van der Waals surface area (Å²) in [6, 6.07) is 13.8. The summed E-state index contributed by atoms with van der Waals surface area (Å²) < 4.78 is 6.98. The molecule has 4 rings (SSSR count). The molecule has 12 heteroatoms. The zero-order valence-corrected chi connectivity index (χ0v) is 27.0. The first kappa shape index (κ1) is 34.0. The first-order valence-electron chi connectivity index (χ1n) is 15.8. The Labute approximate surface area is 269 Å². The molecule has 12 nitrogen and oxygen atoms in total. The van der Waals surface area contributed by atoms with Crippen LogP contribution in [0.2, 0.25) is 0 Å². The molecule has 3 N–H and O–H groups in total. The van der Waals surface area contributed by atoms with Crippen LogP contribution in [0.1, 0.15) is 81.6 Å². The second-order valence-electron chi connectivity index (χ2n) is 12.5. The van der Waals surface area contributed by atoms with Gasteiger partial charge in [0.2, 0.25) is 17.8 Å². The summed E-state index contributed by atoms with van der Waals surface area (Å²) in [6.45, 7) is 6.32. The number of aromatic nitrogens is 2. The molecule has 1 heterocycles. The van der Waals surface area contributed by atoms with E-state index in [1.54, 1.807) is 61.6 Å². The van der Waals surface area contributed by atoms with Crippen molar-refractivity contribution in [2.24, 2.45) is 5.92 Å². The van der Waals surface area contributed by atoms with Gasteiger partial charge < -0.3 is 24.8 Å². The van der Waals surface area contributed by atoms with Gasteiger partial charge in [0.05, 0.1) is 22.7 Å². The van der Waals surface area contributed by atoms with Crippen LogP contribution in [0.15, 0.2) is 42.5 Å². The highest BCUT2D eigenvalue weighted by atomic mass is 16.6. The van der Waals surface area contributed by atoms with Crippen molar-refractivity contribution in [3.05, 3.63) is 53.6 Å². The lowest BCUT2D eigenvalue weighted by atomic mass is 9.88. The Morgan fingerprint density at radius 3 is 2.39 bits per heavy atom. The summed E-state index contributed by atoms with van der Waals surface area (Å²) in [5.74, 6) is -0.241. The van der Waals surface area contributed by atoms with Crippen molar-refractivity contribution in [2.75, 3.05) is 30.4 Å². The number of aryl methyl sites for hydroxylation is 1. The van der Waals surface area contributed by atoms with Crippen LogP contribution >= 0.6 is 0 Å². The number of hydrogen-bond donors (Lipinski definition) is 3. The number of carbonyl (C=O) groups excluding carboxylic acids is 4. The highest BCUT2D eigenvalue weighted by molar-refractivity contribution is 6.04. The summed E-state index contributed by atoms with van der Waals surface area (Å²) >= 11 is 0. The number of hydrogen-bond acceptors (Lipinski definition) is 7. The number of carbonyl (C=O) groups is 4. The van der Waals surface area contributed by atoms with E-state index in [2.05, 4.69) is 20.9 Å². The molecule has 1 aliphatic rings. The van der Waals surface area contributed by atoms with Crippen LogP contribution in [0.25, 0.3) is 11.0 Å². The molecule has 0 spiro atoms. The van der Waals surface area contributed by atoms with Gasteiger partial charge in [0.1, 0.15) is 5.60 Å². The summed E-state index contributed by atoms with van der Waals surface area (Å²) in [7, 11) is 1.77. The zero-order chi connectivity index (χ0) is 33.3. The molecule has 0 aliphatic heterocycles. The number of amides is 4. The van der Waals surface area contributed by atoms with Gasteiger partial charge in [-0.1, -0.05) is 19.3 Å². The molecule has 1 saturated carbocycles. The topological polar surface area (TPSA) is 158 Å². The van der Waals surface area contributed by atoms with Crippen LogP contribution < -0.4 is 20.9 Å². The second-order valence-corrected chi connectivity index (χ2v) is 12.5. The summed E-state index contributed by atoms with van der Waals surface area (Å²) in [6.07, 6.45) is 5.22. The summed E-state index contributed by atoms with van der Waals surface area (Å²) in [5.41, 5.74) is 2.19. The minimum Gasteiger partial charge on any atom is -0.444 e. The smallest absolute Gasteiger partial charge is 0.407 e. The molecule has 1 fully saturated rings. The lowest BCUT2D eigenvalue weighted by Crippen LogP contribution is -2.34. The standard InChI is InChI=1S/C34H43N7O5/c1-34(2,3)46-33(45)37-19-8-18-36-29(42)17-20-41-28-16-15-26(40(4)31(44)25-9-6-5-7-10-25)21-27(28)38-32(41)39-30(43)24-13-11-23(22-35)12-14-24/h11-16,21,25H,5-10,17-20H2,1-4H3,(H,36,42)(H,37,45)(H,38,39,43). The maximum atomic E-state index is 13.2. The number of nitrogens with one attached hydrogen (secondary N) is 3. The predicted octanol–water partition coefficient (Wildman–Crippen LogP) is 5.12. The number of alkyl carbamates (subject to hydrolysis) is 1. The van der Waals surface area contributed by atoms with Gasteiger partial charge in [-0.15, -0.1) is 0 Å². The molecule has 4 amide bonds. The Morgan fingerprint density at radius 2 is 1.72 bits per heavy atom. The lowest BCUT2D eigenvalue weighted by molar-refractivity contribution is -0.123. The van der Waals surface area contributed by atoms with E-state index in [9.17, 15) is 19.2 Å². The van der Waals surface area contributed by atoms with Crippen molar-refractivity contribution < 1.29 is 23.9 Å². The molecule has 0 bridgehead atoms. The quantitative estimate of drug-likeness (QED) is 0.248. The molecule has 0 unspecified atom stereocenters. The number of imidazole rings is 1. The van der Waals surface area contributed by atoms with Crippen LogP contribution in [0.4, 0.5) is 16.4 Å². The largest absolute Gasteiger partial charge is 0.444 e. The van der Waals surface area contributed by atoms with Crippen molar-refractivity contribution in [3.63, 3.8) is 0 Å². The fraction of sp³-hybridized carbons (Fsp3) is 0.471. The fourth-order valence-electron chi connectivity index (χ4n) is 5.39. The van der Waals surface area contributed by atoms with Crippen LogP contribution in [0.5, 0.6) is 0 Å². The maximum absolute atomic E-state index is 13.2. The molecule has 1 aromatic heterocycles. The molecule has 0 radical (unpaired) electrons. The van der Waals surface area contributed by atoms with E-state index in [4.69, 9.17) is 10.00 Å². The molecular formula is C34H43N7O5. The number of ether oxygens (including phenoxy) is 1. The Balaban J connectivity index is 1.45. The Hall–Kier alpha value is -4.92. The SMILES string of the molecule is CN(C(=O)C1CCCCC1)c1ccc2c(c1)nc(NC(=O)c1ccc(C#N)cc1)n2CCC(=O)NCCCNC(=O)OC(C)(C)C. The van der Waals surface area contributed by atoms with Crippen LogP contribution in [0.3, 0.4) is 0 Å². The Kier molecular flexibility index (Phi) is 11.4. The van der Waals surface area contributed by atoms with E-state index < -0.39 is 17.6 Å².